The number of benzene rings is 2. The van der Waals surface area contributed by atoms with Gasteiger partial charge in [-0.3, -0.25) is 10.1 Å². The maximum Gasteiger partial charge on any atom is 0.323 e. The van der Waals surface area contributed by atoms with Crippen LogP contribution in [-0.4, -0.2) is 11.0 Å². The molecule has 0 bridgehead atoms. The van der Waals surface area contributed by atoms with Crippen molar-refractivity contribution in [3.8, 4) is 0 Å². The number of nitrogens with one attached hydrogen (secondary N) is 2. The minimum atomic E-state index is -1.78. The van der Waals surface area contributed by atoms with Gasteiger partial charge in [0.2, 0.25) is 0 Å². The number of hydrogen-bond donors (Lipinski definition) is 2. The Morgan fingerprint density at radius 3 is 2.17 bits per heavy atom. The van der Waals surface area contributed by atoms with Crippen molar-refractivity contribution < 1.29 is 27.3 Å². The van der Waals surface area contributed by atoms with Crippen LogP contribution >= 0.6 is 0 Å². The predicted molar refractivity (Wildman–Crippen MR) is 72.0 cm³/mol. The zero-order valence-electron chi connectivity index (χ0n) is 11.1. The Balaban J connectivity index is 2.21. The van der Waals surface area contributed by atoms with Gasteiger partial charge in [0.1, 0.15) is 5.69 Å². The summed E-state index contributed by atoms with van der Waals surface area (Å²) in [5.74, 6) is -6.93. The summed E-state index contributed by atoms with van der Waals surface area (Å²) in [7, 11) is 0. The van der Waals surface area contributed by atoms with Crippen LogP contribution in [0.2, 0.25) is 0 Å². The van der Waals surface area contributed by atoms with Crippen molar-refractivity contribution in [1.82, 2.24) is 0 Å². The second kappa shape index (κ2) is 6.30. The van der Waals surface area contributed by atoms with Gasteiger partial charge in [-0.1, -0.05) is 6.07 Å². The molecule has 2 rings (SSSR count). The van der Waals surface area contributed by atoms with E-state index in [0.29, 0.717) is 0 Å². The Bertz CT molecular complexity index is 772. The van der Waals surface area contributed by atoms with E-state index in [1.807, 2.05) is 5.32 Å². The van der Waals surface area contributed by atoms with Crippen LogP contribution in [0.25, 0.3) is 0 Å². The summed E-state index contributed by atoms with van der Waals surface area (Å²) in [5.41, 5.74) is -1.71. The van der Waals surface area contributed by atoms with E-state index in [4.69, 9.17) is 0 Å². The van der Waals surface area contributed by atoms with Gasteiger partial charge in [-0.25, -0.2) is 22.4 Å². The number of nitrogens with zero attached hydrogens (tertiary/aromatic N) is 1. The summed E-state index contributed by atoms with van der Waals surface area (Å²) in [5, 5.41) is 14.2. The lowest BCUT2D eigenvalue weighted by atomic mass is 10.2. The molecule has 0 fully saturated rings. The van der Waals surface area contributed by atoms with Crippen molar-refractivity contribution >= 4 is 23.1 Å². The molecule has 10 heteroatoms. The monoisotopic (exact) mass is 329 g/mol. The maximum atomic E-state index is 13.4. The minimum Gasteiger partial charge on any atom is -0.307 e. The third-order valence-corrected chi connectivity index (χ3v) is 2.67. The average molecular weight is 329 g/mol. The number of non-ortho nitro benzene ring substituents is 1. The Labute approximate surface area is 125 Å². The summed E-state index contributed by atoms with van der Waals surface area (Å²) in [6.45, 7) is 0. The number of urea groups is 1. The molecular formula is C13H7F4N3O3. The van der Waals surface area contributed by atoms with Crippen LogP contribution in [0.15, 0.2) is 30.3 Å². The molecule has 0 aliphatic rings. The lowest BCUT2D eigenvalue weighted by Crippen LogP contribution is -2.21. The first kappa shape index (κ1) is 16.2. The van der Waals surface area contributed by atoms with Gasteiger partial charge in [0.25, 0.3) is 5.69 Å². The van der Waals surface area contributed by atoms with Crippen LogP contribution in [0.1, 0.15) is 0 Å². The molecule has 0 aliphatic heterocycles. The second-order valence-electron chi connectivity index (χ2n) is 4.23. The van der Waals surface area contributed by atoms with Gasteiger partial charge in [-0.15, -0.1) is 0 Å². The van der Waals surface area contributed by atoms with E-state index in [2.05, 4.69) is 0 Å². The van der Waals surface area contributed by atoms with Crippen LogP contribution < -0.4 is 10.6 Å². The van der Waals surface area contributed by atoms with E-state index >= 15 is 0 Å². The van der Waals surface area contributed by atoms with Crippen molar-refractivity contribution in [1.29, 1.82) is 0 Å². The molecule has 120 valence electrons. The number of hydrogen-bond acceptors (Lipinski definition) is 3. The molecule has 0 aliphatic carbocycles. The van der Waals surface area contributed by atoms with Gasteiger partial charge < -0.3 is 10.6 Å². The maximum absolute atomic E-state index is 13.4. The Morgan fingerprint density at radius 2 is 1.61 bits per heavy atom. The molecule has 0 unspecified atom stereocenters. The molecule has 0 spiro atoms. The van der Waals surface area contributed by atoms with Crippen molar-refractivity contribution in [2.45, 2.75) is 0 Å². The largest absolute Gasteiger partial charge is 0.323 e. The van der Waals surface area contributed by atoms with E-state index in [9.17, 15) is 32.5 Å². The summed E-state index contributed by atoms with van der Waals surface area (Å²) < 4.78 is 52.8. The highest BCUT2D eigenvalue weighted by Crippen LogP contribution is 2.24. The fourth-order valence-electron chi connectivity index (χ4n) is 1.66. The number of carbonyl (C=O) groups is 1. The summed E-state index contributed by atoms with van der Waals surface area (Å²) in [6, 6.07) is 3.42. The van der Waals surface area contributed by atoms with E-state index < -0.39 is 39.9 Å². The fourth-order valence-corrected chi connectivity index (χ4v) is 1.66. The number of nitro benzene ring substituents is 1. The van der Waals surface area contributed by atoms with Crippen LogP contribution in [0.5, 0.6) is 0 Å². The molecule has 2 aromatic rings. The molecule has 2 N–H and O–H groups in total. The molecule has 0 heterocycles. The van der Waals surface area contributed by atoms with Gasteiger partial charge in [-0.05, 0) is 6.07 Å². The Kier molecular flexibility index (Phi) is 4.44. The lowest BCUT2D eigenvalue weighted by Gasteiger charge is -2.10. The number of carbonyl (C=O) groups excluding carboxylic acids is 1. The molecular weight excluding hydrogens is 322 g/mol. The normalized spacial score (nSPS) is 10.3. The average Bonchev–Trinajstić information content (AvgIpc) is 2.50. The number of nitro groups is 1. The van der Waals surface area contributed by atoms with Gasteiger partial charge in [0, 0.05) is 23.9 Å². The predicted octanol–water partition coefficient (Wildman–Crippen LogP) is 3.80. The first-order valence-electron chi connectivity index (χ1n) is 5.95. The number of rotatable bonds is 3. The SMILES string of the molecule is O=C(Nc1cccc([N+](=O)[O-])c1)Nc1c(F)c(F)cc(F)c1F. The van der Waals surface area contributed by atoms with Crippen LogP contribution in [0.3, 0.4) is 0 Å². The standard InChI is InChI=1S/C13H7F4N3O3/c14-8-5-9(15)11(17)12(10(8)16)19-13(21)18-6-2-1-3-7(4-6)20(22)23/h1-5H,(H2,18,19,21). The summed E-state index contributed by atoms with van der Waals surface area (Å²) in [4.78, 5) is 21.5. The number of halogens is 4. The molecule has 2 aromatic carbocycles. The summed E-state index contributed by atoms with van der Waals surface area (Å²) >= 11 is 0. The lowest BCUT2D eigenvalue weighted by molar-refractivity contribution is -0.384. The van der Waals surface area contributed by atoms with Gasteiger partial charge in [0.15, 0.2) is 23.3 Å². The van der Waals surface area contributed by atoms with Crippen molar-refractivity contribution in [3.05, 3.63) is 63.7 Å². The van der Waals surface area contributed by atoms with Gasteiger partial charge in [-0.2, -0.15) is 0 Å². The van der Waals surface area contributed by atoms with E-state index in [-0.39, 0.29) is 17.4 Å². The van der Waals surface area contributed by atoms with Crippen LogP contribution in [-0.2, 0) is 0 Å². The molecule has 0 aromatic heterocycles. The molecule has 6 nitrogen and oxygen atoms in total. The highest BCUT2D eigenvalue weighted by atomic mass is 19.2. The first-order chi connectivity index (χ1) is 10.8. The van der Waals surface area contributed by atoms with Crippen molar-refractivity contribution in [2.24, 2.45) is 0 Å². The third kappa shape index (κ3) is 3.54. The zero-order valence-corrected chi connectivity index (χ0v) is 11.1. The molecule has 0 atom stereocenters. The van der Waals surface area contributed by atoms with E-state index in [1.165, 1.54) is 12.1 Å². The highest BCUT2D eigenvalue weighted by Gasteiger charge is 2.21. The van der Waals surface area contributed by atoms with Crippen molar-refractivity contribution in [2.75, 3.05) is 10.6 Å². The Hall–Kier alpha value is -3.17. The Morgan fingerprint density at radius 1 is 1.00 bits per heavy atom. The smallest absolute Gasteiger partial charge is 0.307 e. The van der Waals surface area contributed by atoms with Gasteiger partial charge >= 0.3 is 6.03 Å². The number of anilines is 2. The second-order valence-corrected chi connectivity index (χ2v) is 4.23. The van der Waals surface area contributed by atoms with Crippen LogP contribution in [0.4, 0.5) is 39.4 Å². The first-order valence-corrected chi connectivity index (χ1v) is 5.95. The molecule has 0 saturated carbocycles. The molecule has 2 amide bonds. The molecule has 23 heavy (non-hydrogen) atoms. The van der Waals surface area contributed by atoms with E-state index in [0.717, 1.165) is 12.1 Å². The summed E-state index contributed by atoms with van der Waals surface area (Å²) in [6.07, 6.45) is 0. The van der Waals surface area contributed by atoms with E-state index in [1.54, 1.807) is 5.32 Å². The van der Waals surface area contributed by atoms with Gasteiger partial charge in [0.05, 0.1) is 4.92 Å². The van der Waals surface area contributed by atoms with Crippen LogP contribution in [0, 0.1) is 33.4 Å². The highest BCUT2D eigenvalue weighted by molar-refractivity contribution is 6.00. The third-order valence-electron chi connectivity index (χ3n) is 2.67. The molecule has 0 radical (unpaired) electrons. The molecule has 0 saturated heterocycles. The fraction of sp³-hybridized carbons (Fsp3) is 0. The minimum absolute atomic E-state index is 0.00565. The topological polar surface area (TPSA) is 84.3 Å². The zero-order chi connectivity index (χ0) is 17.1. The quantitative estimate of drug-likeness (QED) is 0.389. The number of amides is 2. The van der Waals surface area contributed by atoms with Crippen molar-refractivity contribution in [3.63, 3.8) is 0 Å².